The molecular formula is C11H20F2. The van der Waals surface area contributed by atoms with Gasteiger partial charge in [0.15, 0.2) is 0 Å². The first kappa shape index (κ1) is 10.9. The van der Waals surface area contributed by atoms with Crippen molar-refractivity contribution in [2.75, 3.05) is 0 Å². The third-order valence-corrected chi connectivity index (χ3v) is 3.76. The molecule has 78 valence electrons. The van der Waals surface area contributed by atoms with E-state index in [2.05, 4.69) is 0 Å². The summed E-state index contributed by atoms with van der Waals surface area (Å²) in [5, 5.41) is 0. The van der Waals surface area contributed by atoms with E-state index >= 15 is 0 Å². The average molecular weight is 190 g/mol. The Kier molecular flexibility index (Phi) is 2.98. The Hall–Kier alpha value is -0.140. The van der Waals surface area contributed by atoms with Crippen molar-refractivity contribution in [3.8, 4) is 0 Å². The van der Waals surface area contributed by atoms with E-state index in [-0.39, 0.29) is 5.92 Å². The Morgan fingerprint density at radius 3 is 1.77 bits per heavy atom. The molecule has 0 bridgehead atoms. The largest absolute Gasteiger partial charge is 0.250 e. The number of halogens is 2. The quantitative estimate of drug-likeness (QED) is 0.610. The number of alkyl halides is 2. The third kappa shape index (κ3) is 2.21. The van der Waals surface area contributed by atoms with Crippen molar-refractivity contribution >= 4 is 0 Å². The van der Waals surface area contributed by atoms with Crippen molar-refractivity contribution in [3.63, 3.8) is 0 Å². The van der Waals surface area contributed by atoms with Crippen LogP contribution in [0.4, 0.5) is 8.78 Å². The number of hydrogen-bond donors (Lipinski definition) is 0. The van der Waals surface area contributed by atoms with E-state index < -0.39 is 11.3 Å². The number of rotatable bonds is 2. The standard InChI is InChI=1S/C11H20F2/c1-10(2,11(3,12)13)9-7-5-4-6-8-9/h9H,4-8H2,1-3H3. The predicted molar refractivity (Wildman–Crippen MR) is 51.0 cm³/mol. The van der Waals surface area contributed by atoms with Crippen LogP contribution < -0.4 is 0 Å². The first-order valence-corrected chi connectivity index (χ1v) is 5.23. The van der Waals surface area contributed by atoms with Crippen LogP contribution in [-0.4, -0.2) is 5.92 Å². The molecule has 0 atom stereocenters. The molecule has 0 saturated heterocycles. The van der Waals surface area contributed by atoms with Crippen LogP contribution >= 0.6 is 0 Å². The lowest BCUT2D eigenvalue weighted by Crippen LogP contribution is -2.41. The molecule has 0 aromatic heterocycles. The molecule has 0 spiro atoms. The summed E-state index contributed by atoms with van der Waals surface area (Å²) in [5.74, 6) is -2.34. The highest BCUT2D eigenvalue weighted by molar-refractivity contribution is 4.89. The summed E-state index contributed by atoms with van der Waals surface area (Å²) in [6.07, 6.45) is 5.45. The predicted octanol–water partition coefficient (Wildman–Crippen LogP) is 4.25. The maximum Gasteiger partial charge on any atom is 0.250 e. The maximum absolute atomic E-state index is 13.3. The van der Waals surface area contributed by atoms with Gasteiger partial charge in [0.1, 0.15) is 0 Å². The van der Waals surface area contributed by atoms with Gasteiger partial charge in [-0.3, -0.25) is 0 Å². The molecule has 0 nitrogen and oxygen atoms in total. The van der Waals surface area contributed by atoms with E-state index in [0.29, 0.717) is 0 Å². The monoisotopic (exact) mass is 190 g/mol. The van der Waals surface area contributed by atoms with Gasteiger partial charge in [0.2, 0.25) is 0 Å². The SMILES string of the molecule is CC(F)(F)C(C)(C)C1CCCCC1. The van der Waals surface area contributed by atoms with Gasteiger partial charge in [0.25, 0.3) is 5.92 Å². The van der Waals surface area contributed by atoms with Crippen LogP contribution in [0.3, 0.4) is 0 Å². The van der Waals surface area contributed by atoms with Crippen LogP contribution in [0.1, 0.15) is 52.9 Å². The Morgan fingerprint density at radius 2 is 1.38 bits per heavy atom. The van der Waals surface area contributed by atoms with Gasteiger partial charge in [-0.2, -0.15) is 0 Å². The summed E-state index contributed by atoms with van der Waals surface area (Å²) < 4.78 is 26.6. The highest BCUT2D eigenvalue weighted by Gasteiger charge is 2.47. The van der Waals surface area contributed by atoms with Crippen molar-refractivity contribution < 1.29 is 8.78 Å². The highest BCUT2D eigenvalue weighted by atomic mass is 19.3. The molecule has 2 heteroatoms. The van der Waals surface area contributed by atoms with Crippen molar-refractivity contribution in [1.29, 1.82) is 0 Å². The molecule has 0 heterocycles. The molecule has 1 saturated carbocycles. The molecule has 1 rings (SSSR count). The fourth-order valence-corrected chi connectivity index (χ4v) is 2.18. The first-order chi connectivity index (χ1) is 5.86. The minimum absolute atomic E-state index is 0.209. The second-order valence-electron chi connectivity index (χ2n) is 4.94. The van der Waals surface area contributed by atoms with Crippen LogP contribution in [0.15, 0.2) is 0 Å². The zero-order valence-corrected chi connectivity index (χ0v) is 8.87. The second-order valence-corrected chi connectivity index (χ2v) is 4.94. The summed E-state index contributed by atoms with van der Waals surface area (Å²) in [7, 11) is 0. The fraction of sp³-hybridized carbons (Fsp3) is 1.00. The molecule has 1 aliphatic rings. The van der Waals surface area contributed by atoms with Crippen LogP contribution in [0.2, 0.25) is 0 Å². The van der Waals surface area contributed by atoms with Crippen molar-refractivity contribution in [2.24, 2.45) is 11.3 Å². The Morgan fingerprint density at radius 1 is 0.923 bits per heavy atom. The fourth-order valence-electron chi connectivity index (χ4n) is 2.18. The first-order valence-electron chi connectivity index (χ1n) is 5.23. The van der Waals surface area contributed by atoms with Crippen LogP contribution in [0.5, 0.6) is 0 Å². The molecule has 0 aromatic rings. The van der Waals surface area contributed by atoms with E-state index in [0.717, 1.165) is 32.6 Å². The molecule has 0 aromatic carbocycles. The van der Waals surface area contributed by atoms with Gasteiger partial charge in [-0.05, 0) is 25.7 Å². The summed E-state index contributed by atoms with van der Waals surface area (Å²) in [4.78, 5) is 0. The Balaban J connectivity index is 2.67. The lowest BCUT2D eigenvalue weighted by Gasteiger charge is -2.41. The average Bonchev–Trinajstić information content (AvgIpc) is 2.04. The molecule has 1 fully saturated rings. The van der Waals surface area contributed by atoms with Crippen molar-refractivity contribution in [1.82, 2.24) is 0 Å². The maximum atomic E-state index is 13.3. The molecule has 0 radical (unpaired) electrons. The van der Waals surface area contributed by atoms with Gasteiger partial charge in [0, 0.05) is 5.41 Å². The van der Waals surface area contributed by atoms with E-state index in [1.54, 1.807) is 13.8 Å². The van der Waals surface area contributed by atoms with Crippen molar-refractivity contribution in [3.05, 3.63) is 0 Å². The molecule has 13 heavy (non-hydrogen) atoms. The lowest BCUT2D eigenvalue weighted by atomic mass is 9.68. The lowest BCUT2D eigenvalue weighted by molar-refractivity contribution is -0.123. The summed E-state index contributed by atoms with van der Waals surface area (Å²) in [5.41, 5.74) is -0.826. The summed E-state index contributed by atoms with van der Waals surface area (Å²) >= 11 is 0. The van der Waals surface area contributed by atoms with E-state index in [4.69, 9.17) is 0 Å². The van der Waals surface area contributed by atoms with Crippen LogP contribution in [0, 0.1) is 11.3 Å². The minimum Gasteiger partial charge on any atom is -0.207 e. The van der Waals surface area contributed by atoms with E-state index in [9.17, 15) is 8.78 Å². The summed E-state index contributed by atoms with van der Waals surface area (Å²) in [6.45, 7) is 4.48. The Bertz CT molecular complexity index is 161. The number of hydrogen-bond acceptors (Lipinski definition) is 0. The smallest absolute Gasteiger partial charge is 0.207 e. The van der Waals surface area contributed by atoms with Crippen LogP contribution in [-0.2, 0) is 0 Å². The molecule has 0 amide bonds. The Labute approximate surface area is 79.7 Å². The zero-order chi connectivity index (χ0) is 10.1. The van der Waals surface area contributed by atoms with Crippen molar-refractivity contribution in [2.45, 2.75) is 58.8 Å². The molecule has 0 aliphatic heterocycles. The van der Waals surface area contributed by atoms with Gasteiger partial charge in [-0.25, -0.2) is 8.78 Å². The zero-order valence-electron chi connectivity index (χ0n) is 8.87. The van der Waals surface area contributed by atoms with Gasteiger partial charge >= 0.3 is 0 Å². The topological polar surface area (TPSA) is 0 Å². The molecule has 0 N–H and O–H groups in total. The highest BCUT2D eigenvalue weighted by Crippen LogP contribution is 2.47. The molecular weight excluding hydrogens is 170 g/mol. The second kappa shape index (κ2) is 3.55. The third-order valence-electron chi connectivity index (χ3n) is 3.76. The normalized spacial score (nSPS) is 21.9. The van der Waals surface area contributed by atoms with E-state index in [1.165, 1.54) is 6.42 Å². The van der Waals surface area contributed by atoms with Gasteiger partial charge in [-0.15, -0.1) is 0 Å². The summed E-state index contributed by atoms with van der Waals surface area (Å²) in [6, 6.07) is 0. The molecule has 0 unspecified atom stereocenters. The van der Waals surface area contributed by atoms with Gasteiger partial charge in [0.05, 0.1) is 0 Å². The minimum atomic E-state index is -2.55. The van der Waals surface area contributed by atoms with Gasteiger partial charge in [-0.1, -0.05) is 33.1 Å². The molecule has 1 aliphatic carbocycles. The van der Waals surface area contributed by atoms with Crippen LogP contribution in [0.25, 0.3) is 0 Å². The van der Waals surface area contributed by atoms with E-state index in [1.807, 2.05) is 0 Å². The van der Waals surface area contributed by atoms with Gasteiger partial charge < -0.3 is 0 Å².